The number of methoxy groups -OCH3 is 1. The molecule has 4 fully saturated rings. The molecule has 0 aliphatic carbocycles. The summed E-state index contributed by atoms with van der Waals surface area (Å²) in [7, 11) is 5.20. The second-order valence-electron chi connectivity index (χ2n) is 16.9. The van der Waals surface area contributed by atoms with E-state index in [0.717, 1.165) is 0 Å². The Kier molecular flexibility index (Phi) is 13.7. The quantitative estimate of drug-likeness (QED) is 0.321. The van der Waals surface area contributed by atoms with Gasteiger partial charge in [0.05, 0.1) is 47.5 Å². The lowest BCUT2D eigenvalue weighted by Gasteiger charge is -2.49. The van der Waals surface area contributed by atoms with Gasteiger partial charge in [-0.25, -0.2) is 4.79 Å². The van der Waals surface area contributed by atoms with Crippen molar-refractivity contribution in [2.45, 2.75) is 179 Å². The molecule has 0 aromatic heterocycles. The highest BCUT2D eigenvalue weighted by molar-refractivity contribution is 5.84. The molecule has 0 spiro atoms. The third-order valence-electron chi connectivity index (χ3n) is 12.3. The molecule has 4 aliphatic heterocycles. The largest absolute Gasteiger partial charge is 0.509 e. The minimum absolute atomic E-state index is 0.0996. The lowest BCUT2D eigenvalue weighted by molar-refractivity contribution is -0.318. The van der Waals surface area contributed by atoms with E-state index < -0.39 is 108 Å². The topological polar surface area (TPSA) is 189 Å². The highest BCUT2D eigenvalue weighted by Crippen LogP contribution is 2.43. The van der Waals surface area contributed by atoms with Crippen molar-refractivity contribution in [3.05, 3.63) is 0 Å². The maximum atomic E-state index is 14.3. The molecular formula is C38H65NO14. The van der Waals surface area contributed by atoms with Gasteiger partial charge in [0.15, 0.2) is 24.3 Å². The van der Waals surface area contributed by atoms with Gasteiger partial charge < -0.3 is 58.1 Å². The summed E-state index contributed by atoms with van der Waals surface area (Å²) in [6, 6.07) is -0.322. The molecule has 15 nitrogen and oxygen atoms in total. The molecule has 0 amide bonds. The van der Waals surface area contributed by atoms with E-state index >= 15 is 0 Å². The Balaban J connectivity index is 1.84. The maximum Gasteiger partial charge on any atom is 0.509 e. The minimum Gasteiger partial charge on any atom is -0.458 e. The van der Waals surface area contributed by atoms with Crippen molar-refractivity contribution in [2.24, 2.45) is 23.7 Å². The normalized spacial score (nSPS) is 49.1. The van der Waals surface area contributed by atoms with Crippen molar-refractivity contribution < 1.29 is 67.6 Å². The Hall–Kier alpha value is -1.95. The molecule has 1 unspecified atom stereocenters. The molecule has 4 saturated heterocycles. The average Bonchev–Trinajstić information content (AvgIpc) is 3.40. The van der Waals surface area contributed by atoms with E-state index in [1.165, 1.54) is 7.11 Å². The number of Topliss-reactive ketones (excluding diaryl/α,β-unsaturated/α-hetero) is 1. The van der Waals surface area contributed by atoms with Crippen LogP contribution in [0.25, 0.3) is 0 Å². The first kappa shape index (κ1) is 43.8. The van der Waals surface area contributed by atoms with Gasteiger partial charge in [0.2, 0.25) is 0 Å². The third-order valence-corrected chi connectivity index (χ3v) is 12.3. The summed E-state index contributed by atoms with van der Waals surface area (Å²) in [6.45, 7) is 16.9. The molecule has 15 heteroatoms. The molecule has 53 heavy (non-hydrogen) atoms. The second-order valence-corrected chi connectivity index (χ2v) is 16.9. The molecule has 0 radical (unpaired) electrons. The number of likely N-dealkylation sites (N-methyl/N-ethyl adjacent to an activating group) is 1. The van der Waals surface area contributed by atoms with Gasteiger partial charge in [-0.1, -0.05) is 27.7 Å². The van der Waals surface area contributed by atoms with E-state index in [1.54, 1.807) is 62.3 Å². The summed E-state index contributed by atoms with van der Waals surface area (Å²) >= 11 is 0. The highest BCUT2D eigenvalue weighted by Gasteiger charge is 2.59. The number of nitrogens with zero attached hydrogens (tertiary/aromatic N) is 1. The summed E-state index contributed by atoms with van der Waals surface area (Å²) < 4.78 is 48.7. The molecule has 18 atom stereocenters. The number of aliphatic hydroxyl groups excluding tert-OH is 2. The number of cyclic esters (lactones) is 1. The van der Waals surface area contributed by atoms with Gasteiger partial charge >= 0.3 is 12.1 Å². The smallest absolute Gasteiger partial charge is 0.458 e. The van der Waals surface area contributed by atoms with E-state index in [2.05, 4.69) is 0 Å². The van der Waals surface area contributed by atoms with Crippen LogP contribution < -0.4 is 0 Å². The van der Waals surface area contributed by atoms with E-state index in [0.29, 0.717) is 6.42 Å². The molecule has 0 aromatic carbocycles. The fourth-order valence-electron chi connectivity index (χ4n) is 9.03. The number of esters is 1. The van der Waals surface area contributed by atoms with Crippen LogP contribution in [0.4, 0.5) is 4.79 Å². The van der Waals surface area contributed by atoms with E-state index in [-0.39, 0.29) is 37.2 Å². The second kappa shape index (κ2) is 16.6. The number of hydrogen-bond acceptors (Lipinski definition) is 15. The van der Waals surface area contributed by atoms with Gasteiger partial charge in [-0.2, -0.15) is 0 Å². The van der Waals surface area contributed by atoms with E-state index in [9.17, 15) is 29.7 Å². The minimum atomic E-state index is -1.78. The number of hydrogen-bond donors (Lipinski definition) is 3. The molecule has 0 bridgehead atoms. The van der Waals surface area contributed by atoms with Gasteiger partial charge in [0.1, 0.15) is 24.1 Å². The lowest BCUT2D eigenvalue weighted by Crippen LogP contribution is -2.61. The zero-order valence-corrected chi connectivity index (χ0v) is 33.8. The van der Waals surface area contributed by atoms with Crippen LogP contribution in [0, 0.1) is 23.7 Å². The summed E-state index contributed by atoms with van der Waals surface area (Å²) in [5, 5.41) is 34.9. The molecule has 0 aromatic rings. The molecule has 0 saturated carbocycles. The van der Waals surface area contributed by atoms with Crippen LogP contribution >= 0.6 is 0 Å². The lowest BCUT2D eigenvalue weighted by atomic mass is 9.74. The average molecular weight is 760 g/mol. The van der Waals surface area contributed by atoms with Gasteiger partial charge in [-0.05, 0) is 74.9 Å². The first-order chi connectivity index (χ1) is 24.5. The molecule has 4 heterocycles. The Bertz CT molecular complexity index is 1300. The number of carbonyl (C=O) groups excluding carboxylic acids is 3. The summed E-state index contributed by atoms with van der Waals surface area (Å²) in [4.78, 5) is 43.0. The molecular weight excluding hydrogens is 694 g/mol. The van der Waals surface area contributed by atoms with E-state index in [4.69, 9.17) is 37.9 Å². The van der Waals surface area contributed by atoms with E-state index in [1.807, 2.05) is 25.9 Å². The molecule has 306 valence electrons. The van der Waals surface area contributed by atoms with Gasteiger partial charge in [0.25, 0.3) is 0 Å². The Labute approximate surface area is 314 Å². The van der Waals surface area contributed by atoms with Crippen molar-refractivity contribution in [2.75, 3.05) is 21.2 Å². The number of ether oxygens (including phenoxy) is 8. The first-order valence-corrected chi connectivity index (χ1v) is 19.1. The van der Waals surface area contributed by atoms with Crippen LogP contribution in [0.3, 0.4) is 0 Å². The molecule has 4 aliphatic rings. The fraction of sp³-hybridized carbons (Fsp3) is 0.921. The van der Waals surface area contributed by atoms with Gasteiger partial charge in [-0.15, -0.1) is 0 Å². The number of fused-ring (bicyclic) bond motifs is 1. The zero-order chi connectivity index (χ0) is 40.0. The van der Waals surface area contributed by atoms with Crippen LogP contribution in [-0.2, 0) is 47.5 Å². The SMILES string of the molecule is CCC1OC(=O)[C@H](C)[C@@H](O[C@H]2C[C@@](C)(OC)[C@@H](O)[C@H](C)O2)[C@H](C)[C@@H](O[C@@H]2O[C@H](C)C[C@H](N(C)C)[C@H]2O)[C@](C)(O)C[C@@H](C)C(=O)[C@H](C)[C@@H]2OC(=O)O[C@]12C. The Morgan fingerprint density at radius 1 is 0.906 bits per heavy atom. The summed E-state index contributed by atoms with van der Waals surface area (Å²) in [5.41, 5.74) is -4.33. The van der Waals surface area contributed by atoms with Gasteiger partial charge in [0, 0.05) is 31.4 Å². The predicted octanol–water partition coefficient (Wildman–Crippen LogP) is 2.97. The number of rotatable bonds is 7. The van der Waals surface area contributed by atoms with Crippen molar-refractivity contribution in [1.82, 2.24) is 4.90 Å². The summed E-state index contributed by atoms with van der Waals surface area (Å²) in [6.07, 6.45) is -9.81. The van der Waals surface area contributed by atoms with Gasteiger partial charge in [-0.3, -0.25) is 9.59 Å². The van der Waals surface area contributed by atoms with Crippen molar-refractivity contribution in [3.8, 4) is 0 Å². The fourth-order valence-corrected chi connectivity index (χ4v) is 9.03. The number of aliphatic hydroxyl groups is 3. The van der Waals surface area contributed by atoms with Crippen LogP contribution in [0.5, 0.6) is 0 Å². The monoisotopic (exact) mass is 759 g/mol. The van der Waals surface area contributed by atoms with Crippen LogP contribution in [0.2, 0.25) is 0 Å². The maximum absolute atomic E-state index is 14.3. The zero-order valence-electron chi connectivity index (χ0n) is 33.8. The van der Waals surface area contributed by atoms with Crippen molar-refractivity contribution in [3.63, 3.8) is 0 Å². The number of ketones is 1. The Morgan fingerprint density at radius 3 is 2.13 bits per heavy atom. The highest BCUT2D eigenvalue weighted by atomic mass is 16.8. The Morgan fingerprint density at radius 2 is 1.55 bits per heavy atom. The van der Waals surface area contributed by atoms with Crippen molar-refractivity contribution >= 4 is 17.9 Å². The molecule has 4 rings (SSSR count). The van der Waals surface area contributed by atoms with Crippen LogP contribution in [0.1, 0.15) is 94.9 Å². The third kappa shape index (κ3) is 8.88. The summed E-state index contributed by atoms with van der Waals surface area (Å²) in [5.74, 6) is -4.54. The standard InChI is InChI=1S/C38H65NO14/c1-14-25-38(10)32(52-35(44)53-38)20(4)27(40)18(2)16-36(8,45)31(51-34-28(41)24(39(11)12)15-19(3)47-34)21(5)29(22(6)33(43)49-25)50-26-17-37(9,46-13)30(42)23(7)48-26/h18-26,28-32,34,41-42,45H,14-17H2,1-13H3/t18-,19-,20+,21+,22-,23+,24+,25?,26+,28-,29+,30+,31-,32+,34+,36-,37-,38-/m1/s1. The van der Waals surface area contributed by atoms with Crippen LogP contribution in [-0.4, -0.2) is 144 Å². The molecule has 3 N–H and O–H groups in total. The predicted molar refractivity (Wildman–Crippen MR) is 189 cm³/mol. The van der Waals surface area contributed by atoms with Crippen LogP contribution in [0.15, 0.2) is 0 Å². The first-order valence-electron chi connectivity index (χ1n) is 19.1. The van der Waals surface area contributed by atoms with Crippen molar-refractivity contribution in [1.29, 1.82) is 0 Å². The number of carbonyl (C=O) groups is 3.